The van der Waals surface area contributed by atoms with Crippen LogP contribution in [0.25, 0.3) is 0 Å². The Morgan fingerprint density at radius 1 is 1.08 bits per heavy atom. The molecule has 1 N–H and O–H groups in total. The van der Waals surface area contributed by atoms with Crippen LogP contribution in [0.2, 0.25) is 0 Å². The van der Waals surface area contributed by atoms with E-state index < -0.39 is 17.0 Å². The normalized spacial score (nSPS) is 14.1. The monoisotopic (exact) mass is 447 g/mol. The number of piperidine rings is 1. The first-order chi connectivity index (χ1) is 12.6. The summed E-state index contributed by atoms with van der Waals surface area (Å²) in [5, 5.41) is 12.7. The number of aryl methyl sites for hydroxylation is 1. The number of nitrogens with zero attached hydrogens (tertiary/aromatic N) is 1. The molecule has 1 saturated heterocycles. The molecular formula is C19H24Cl2NO2PTi. The number of ether oxygens (including phenoxy) is 1. The van der Waals surface area contributed by atoms with Crippen molar-refractivity contribution in [3.05, 3.63) is 42.0 Å². The summed E-state index contributed by atoms with van der Waals surface area (Å²) in [6, 6.07) is 12.2. The van der Waals surface area contributed by atoms with E-state index in [1.54, 1.807) is 13.2 Å². The number of phenols is 1. The third-order valence-corrected chi connectivity index (χ3v) is 6.00. The van der Waals surface area contributed by atoms with Gasteiger partial charge in [0.05, 0.1) is 7.11 Å². The van der Waals surface area contributed by atoms with Crippen molar-refractivity contribution in [1.82, 2.24) is 0 Å². The fourth-order valence-corrected chi connectivity index (χ4v) is 4.48. The van der Waals surface area contributed by atoms with Crippen molar-refractivity contribution in [2.75, 3.05) is 25.1 Å². The van der Waals surface area contributed by atoms with Crippen LogP contribution in [0, 0.1) is 6.92 Å². The number of phenolic OH excluding ortho intramolecular Hbond substituents is 1. The summed E-state index contributed by atoms with van der Waals surface area (Å²) in [4.78, 5) is 2.50. The molecule has 3 rings (SSSR count). The van der Waals surface area contributed by atoms with Crippen LogP contribution in [0.15, 0.2) is 36.4 Å². The van der Waals surface area contributed by atoms with E-state index in [4.69, 9.17) is 23.3 Å². The van der Waals surface area contributed by atoms with Crippen LogP contribution in [-0.2, 0) is 17.0 Å². The van der Waals surface area contributed by atoms with Crippen LogP contribution >= 0.6 is 27.2 Å². The molecule has 7 heteroatoms. The zero-order valence-electron chi connectivity index (χ0n) is 15.1. The van der Waals surface area contributed by atoms with Crippen LogP contribution in [0.5, 0.6) is 11.5 Å². The van der Waals surface area contributed by atoms with Crippen molar-refractivity contribution in [1.29, 1.82) is 0 Å². The molecule has 2 aromatic carbocycles. The number of methoxy groups -OCH3 is 1. The van der Waals surface area contributed by atoms with E-state index in [0.29, 0.717) is 14.3 Å². The van der Waals surface area contributed by atoms with Gasteiger partial charge in [-0.05, 0) is 43.9 Å². The van der Waals surface area contributed by atoms with Gasteiger partial charge in [-0.25, -0.2) is 0 Å². The Morgan fingerprint density at radius 3 is 2.38 bits per heavy atom. The molecule has 1 heterocycles. The van der Waals surface area contributed by atoms with E-state index in [-0.39, 0.29) is 5.75 Å². The van der Waals surface area contributed by atoms with Gasteiger partial charge in [0.2, 0.25) is 0 Å². The summed E-state index contributed by atoms with van der Waals surface area (Å²) < 4.78 is 5.24. The average Bonchev–Trinajstić information content (AvgIpc) is 2.66. The average molecular weight is 448 g/mol. The SMILES string of the molecule is COc1cccc(Pc2c(C)cccc2N2CCCCC2)c1O.[Cl][Ti][Cl]. The van der Waals surface area contributed by atoms with E-state index in [2.05, 4.69) is 30.0 Å². The Kier molecular flexibility index (Phi) is 9.60. The second-order valence-corrected chi connectivity index (χ2v) is 9.94. The van der Waals surface area contributed by atoms with Gasteiger partial charge in [0.1, 0.15) is 0 Å². The predicted molar refractivity (Wildman–Crippen MR) is 111 cm³/mol. The second-order valence-electron chi connectivity index (χ2n) is 6.07. The minimum absolute atomic E-state index is 0.265. The molecule has 2 aromatic rings. The van der Waals surface area contributed by atoms with Gasteiger partial charge in [-0.3, -0.25) is 0 Å². The van der Waals surface area contributed by atoms with Gasteiger partial charge in [0, 0.05) is 29.4 Å². The summed E-state index contributed by atoms with van der Waals surface area (Å²) in [6.45, 7) is 4.42. The number of rotatable bonds is 4. The molecule has 1 atom stereocenters. The van der Waals surface area contributed by atoms with Crippen molar-refractivity contribution >= 4 is 43.5 Å². The molecule has 0 radical (unpaired) electrons. The standard InChI is InChI=1S/C19H24NO2P.2ClH.Ti/c1-14-8-6-9-15(20-12-4-3-5-13-20)19(14)23-17-11-7-10-16(22-2)18(17)21;;;/h6-11,21,23H,3-5,12-13H2,1-2H3;2*1H;/q;;;+2/p-2. The molecule has 3 nitrogen and oxygen atoms in total. The Morgan fingerprint density at radius 2 is 1.73 bits per heavy atom. The number of hydrogen-bond acceptors (Lipinski definition) is 3. The molecule has 0 spiro atoms. The Bertz CT molecular complexity index is 712. The maximum atomic E-state index is 10.4. The van der Waals surface area contributed by atoms with Crippen molar-refractivity contribution in [3.63, 3.8) is 0 Å². The molecule has 1 aliphatic heterocycles. The zero-order valence-corrected chi connectivity index (χ0v) is 19.1. The van der Waals surface area contributed by atoms with Crippen LogP contribution in [-0.4, -0.2) is 25.3 Å². The van der Waals surface area contributed by atoms with Crippen LogP contribution in [0.4, 0.5) is 5.69 Å². The Labute approximate surface area is 174 Å². The molecule has 1 fully saturated rings. The van der Waals surface area contributed by atoms with Crippen molar-refractivity contribution in [2.24, 2.45) is 0 Å². The predicted octanol–water partition coefficient (Wildman–Crippen LogP) is 4.71. The van der Waals surface area contributed by atoms with Gasteiger partial charge < -0.3 is 14.7 Å². The number of para-hydroxylation sites is 1. The second kappa shape index (κ2) is 11.4. The zero-order chi connectivity index (χ0) is 18.9. The first kappa shape index (κ1) is 21.9. The molecule has 1 unspecified atom stereocenters. The summed E-state index contributed by atoms with van der Waals surface area (Å²) in [7, 11) is 11.8. The molecular weight excluding hydrogens is 424 g/mol. The number of halogens is 2. The van der Waals surface area contributed by atoms with Gasteiger partial charge in [-0.2, -0.15) is 0 Å². The topological polar surface area (TPSA) is 32.7 Å². The molecule has 0 aromatic heterocycles. The van der Waals surface area contributed by atoms with Gasteiger partial charge in [0.15, 0.2) is 11.5 Å². The minimum atomic E-state index is -0.556. The Balaban J connectivity index is 0.000000758. The third kappa shape index (κ3) is 5.78. The summed E-state index contributed by atoms with van der Waals surface area (Å²) >= 11 is -0.556. The first-order valence-electron chi connectivity index (χ1n) is 8.56. The first-order valence-corrected chi connectivity index (χ1v) is 13.9. The number of hydrogen-bond donors (Lipinski definition) is 1. The fraction of sp³-hybridized carbons (Fsp3) is 0.368. The van der Waals surface area contributed by atoms with Crippen molar-refractivity contribution < 1.29 is 26.9 Å². The van der Waals surface area contributed by atoms with Gasteiger partial charge in [-0.1, -0.05) is 32.8 Å². The molecule has 26 heavy (non-hydrogen) atoms. The summed E-state index contributed by atoms with van der Waals surface area (Å²) in [5.74, 6) is 0.810. The van der Waals surface area contributed by atoms with Gasteiger partial charge in [-0.15, -0.1) is 0 Å². The quantitative estimate of drug-likeness (QED) is 0.544. The van der Waals surface area contributed by atoms with E-state index in [1.807, 2.05) is 12.1 Å². The van der Waals surface area contributed by atoms with Gasteiger partial charge in [0.25, 0.3) is 0 Å². The molecule has 0 bridgehead atoms. The molecule has 140 valence electrons. The Hall–Kier alpha value is -0.436. The van der Waals surface area contributed by atoms with Gasteiger partial charge >= 0.3 is 35.6 Å². The number of aromatic hydroxyl groups is 1. The summed E-state index contributed by atoms with van der Waals surface area (Å²) in [6.07, 6.45) is 3.86. The summed E-state index contributed by atoms with van der Waals surface area (Å²) in [5.41, 5.74) is 2.61. The molecule has 0 saturated carbocycles. The van der Waals surface area contributed by atoms with Crippen LogP contribution in [0.3, 0.4) is 0 Å². The van der Waals surface area contributed by atoms with E-state index in [0.717, 1.165) is 18.4 Å². The van der Waals surface area contributed by atoms with E-state index in [1.165, 1.54) is 35.8 Å². The number of anilines is 1. The molecule has 0 amide bonds. The number of benzene rings is 2. The van der Waals surface area contributed by atoms with E-state index >= 15 is 0 Å². The fourth-order valence-electron chi connectivity index (χ4n) is 3.14. The molecule has 1 aliphatic rings. The maximum absolute atomic E-state index is 10.4. The van der Waals surface area contributed by atoms with Crippen molar-refractivity contribution in [3.8, 4) is 11.5 Å². The van der Waals surface area contributed by atoms with E-state index in [9.17, 15) is 5.11 Å². The third-order valence-electron chi connectivity index (χ3n) is 4.43. The van der Waals surface area contributed by atoms with Crippen LogP contribution in [0.1, 0.15) is 24.8 Å². The van der Waals surface area contributed by atoms with Crippen LogP contribution < -0.4 is 20.2 Å². The van der Waals surface area contributed by atoms with Crippen molar-refractivity contribution in [2.45, 2.75) is 26.2 Å². The molecule has 0 aliphatic carbocycles.